The van der Waals surface area contributed by atoms with Gasteiger partial charge in [-0.25, -0.2) is 9.97 Å². The Kier molecular flexibility index (Phi) is 3.56. The number of piperazine rings is 1. The molecular weight excluding hydrogens is 346 g/mol. The van der Waals surface area contributed by atoms with Gasteiger partial charge in [-0.3, -0.25) is 4.98 Å². The summed E-state index contributed by atoms with van der Waals surface area (Å²) in [6.07, 6.45) is 6.15. The van der Waals surface area contributed by atoms with E-state index in [-0.39, 0.29) is 0 Å². The topological polar surface area (TPSA) is 53.9 Å². The Labute approximate surface area is 163 Å². The van der Waals surface area contributed by atoms with Crippen LogP contribution in [0.4, 0.5) is 5.82 Å². The van der Waals surface area contributed by atoms with Crippen molar-refractivity contribution in [1.82, 2.24) is 20.3 Å². The molecule has 4 heterocycles. The van der Waals surface area contributed by atoms with Gasteiger partial charge in [0.05, 0.1) is 16.6 Å². The van der Waals surface area contributed by atoms with Gasteiger partial charge in [-0.2, -0.15) is 0 Å². The lowest BCUT2D eigenvalue weighted by molar-refractivity contribution is 0.464. The summed E-state index contributed by atoms with van der Waals surface area (Å²) in [6, 6.07) is 18.0. The maximum absolute atomic E-state index is 4.81. The molecule has 6 rings (SSSR count). The molecule has 5 nitrogen and oxygen atoms in total. The molecule has 0 amide bonds. The fourth-order valence-electron chi connectivity index (χ4n) is 4.76. The summed E-state index contributed by atoms with van der Waals surface area (Å²) in [5, 5.41) is 7.16. The van der Waals surface area contributed by atoms with E-state index >= 15 is 0 Å². The second-order valence-corrected chi connectivity index (χ2v) is 7.85. The number of aromatic nitrogens is 3. The van der Waals surface area contributed by atoms with Gasteiger partial charge in [0, 0.05) is 36.9 Å². The van der Waals surface area contributed by atoms with Gasteiger partial charge in [-0.05, 0) is 29.7 Å². The largest absolute Gasteiger partial charge is 0.353 e. The first-order chi connectivity index (χ1) is 13.8. The molecule has 138 valence electrons. The fraction of sp³-hybridized carbons (Fsp3) is 0.261. The summed E-state index contributed by atoms with van der Waals surface area (Å²) in [7, 11) is 0. The molecule has 2 saturated heterocycles. The van der Waals surface area contributed by atoms with Crippen molar-refractivity contribution in [2.24, 2.45) is 0 Å². The van der Waals surface area contributed by atoms with Crippen LogP contribution in [-0.4, -0.2) is 40.1 Å². The van der Waals surface area contributed by atoms with Gasteiger partial charge in [-0.1, -0.05) is 42.5 Å². The summed E-state index contributed by atoms with van der Waals surface area (Å²) >= 11 is 0. The Bertz CT molecular complexity index is 1170. The highest BCUT2D eigenvalue weighted by molar-refractivity contribution is 5.98. The molecule has 0 saturated carbocycles. The van der Waals surface area contributed by atoms with E-state index in [1.807, 2.05) is 6.20 Å². The predicted molar refractivity (Wildman–Crippen MR) is 112 cm³/mol. The van der Waals surface area contributed by atoms with Crippen molar-refractivity contribution in [3.8, 4) is 11.3 Å². The van der Waals surface area contributed by atoms with Crippen molar-refractivity contribution < 1.29 is 0 Å². The minimum absolute atomic E-state index is 0.576. The number of hydrogen-bond acceptors (Lipinski definition) is 5. The van der Waals surface area contributed by atoms with Crippen LogP contribution in [0.5, 0.6) is 0 Å². The van der Waals surface area contributed by atoms with Crippen molar-refractivity contribution in [3.63, 3.8) is 0 Å². The molecule has 28 heavy (non-hydrogen) atoms. The van der Waals surface area contributed by atoms with E-state index in [0.29, 0.717) is 12.1 Å². The number of fused-ring (bicyclic) bond motifs is 4. The van der Waals surface area contributed by atoms with Crippen LogP contribution >= 0.6 is 0 Å². The lowest BCUT2D eigenvalue weighted by atomic mass is 10.0. The van der Waals surface area contributed by atoms with Crippen LogP contribution in [0.15, 0.2) is 61.1 Å². The van der Waals surface area contributed by atoms with Crippen molar-refractivity contribution in [2.75, 3.05) is 18.0 Å². The van der Waals surface area contributed by atoms with E-state index in [1.165, 1.54) is 23.6 Å². The molecule has 2 atom stereocenters. The number of nitrogens with zero attached hydrogens (tertiary/aromatic N) is 4. The van der Waals surface area contributed by atoms with Crippen LogP contribution in [0.1, 0.15) is 12.8 Å². The van der Waals surface area contributed by atoms with E-state index in [1.54, 1.807) is 6.33 Å². The predicted octanol–water partition coefficient (Wildman–Crippen LogP) is 3.79. The first-order valence-electron chi connectivity index (χ1n) is 9.95. The van der Waals surface area contributed by atoms with E-state index in [2.05, 4.69) is 68.7 Å². The highest BCUT2D eigenvalue weighted by Gasteiger charge is 2.33. The van der Waals surface area contributed by atoms with Crippen LogP contribution < -0.4 is 10.2 Å². The fourth-order valence-corrected chi connectivity index (χ4v) is 4.76. The molecule has 0 spiro atoms. The number of rotatable bonds is 2. The zero-order valence-electron chi connectivity index (χ0n) is 15.5. The van der Waals surface area contributed by atoms with Gasteiger partial charge >= 0.3 is 0 Å². The number of nitrogens with one attached hydrogen (secondary N) is 1. The molecule has 5 heteroatoms. The lowest BCUT2D eigenvalue weighted by Crippen LogP contribution is -2.51. The molecule has 2 aliphatic heterocycles. The minimum atomic E-state index is 0.576. The van der Waals surface area contributed by atoms with E-state index in [0.717, 1.165) is 41.1 Å². The number of pyridine rings is 1. The van der Waals surface area contributed by atoms with Crippen LogP contribution in [0.3, 0.4) is 0 Å². The number of benzene rings is 2. The third-order valence-corrected chi connectivity index (χ3v) is 6.08. The van der Waals surface area contributed by atoms with Gasteiger partial charge in [0.2, 0.25) is 0 Å². The average Bonchev–Trinajstić information content (AvgIpc) is 3.10. The summed E-state index contributed by atoms with van der Waals surface area (Å²) < 4.78 is 0. The molecule has 1 N–H and O–H groups in total. The third kappa shape index (κ3) is 2.54. The van der Waals surface area contributed by atoms with Crippen LogP contribution in [0.25, 0.3) is 32.9 Å². The highest BCUT2D eigenvalue weighted by Crippen LogP contribution is 2.32. The second kappa shape index (κ2) is 6.24. The summed E-state index contributed by atoms with van der Waals surface area (Å²) in [4.78, 5) is 16.4. The molecule has 2 fully saturated rings. The lowest BCUT2D eigenvalue weighted by Gasteiger charge is -2.34. The molecule has 2 aliphatic rings. The van der Waals surface area contributed by atoms with Crippen molar-refractivity contribution in [1.29, 1.82) is 0 Å². The number of hydrogen-bond donors (Lipinski definition) is 1. The third-order valence-electron chi connectivity index (χ3n) is 6.08. The van der Waals surface area contributed by atoms with E-state index < -0.39 is 0 Å². The SMILES string of the molecule is c1ccc2c(-c3cc4ncnc(N5CC6CCC(C5)N6)c4cn3)cccc2c1. The second-order valence-electron chi connectivity index (χ2n) is 7.85. The Morgan fingerprint density at radius 1 is 0.857 bits per heavy atom. The molecule has 2 bridgehead atoms. The molecule has 4 aromatic rings. The normalized spacial score (nSPS) is 21.5. The maximum atomic E-state index is 4.81. The smallest absolute Gasteiger partial charge is 0.141 e. The van der Waals surface area contributed by atoms with Crippen molar-refractivity contribution in [3.05, 3.63) is 61.1 Å². The van der Waals surface area contributed by atoms with Crippen LogP contribution in [-0.2, 0) is 0 Å². The Hall–Kier alpha value is -3.05. The number of anilines is 1. The molecule has 2 unspecified atom stereocenters. The van der Waals surface area contributed by atoms with Crippen LogP contribution in [0, 0.1) is 0 Å². The Morgan fingerprint density at radius 3 is 2.57 bits per heavy atom. The first kappa shape index (κ1) is 16.0. The van der Waals surface area contributed by atoms with Gasteiger partial charge < -0.3 is 10.2 Å². The van der Waals surface area contributed by atoms with Crippen molar-refractivity contribution >= 4 is 27.5 Å². The molecule has 2 aromatic heterocycles. The van der Waals surface area contributed by atoms with Gasteiger partial charge in [-0.15, -0.1) is 0 Å². The standard InChI is InChI=1S/C23H21N5/c1-2-6-18-15(4-1)5-3-7-19(18)21-10-22-20(11-24-21)23(26-14-25-22)28-12-16-8-9-17(13-28)27-16/h1-7,10-11,14,16-17,27H,8-9,12-13H2. The first-order valence-corrected chi connectivity index (χ1v) is 9.95. The quantitative estimate of drug-likeness (QED) is 0.584. The van der Waals surface area contributed by atoms with Crippen LogP contribution in [0.2, 0.25) is 0 Å². The summed E-state index contributed by atoms with van der Waals surface area (Å²) in [6.45, 7) is 2.02. The monoisotopic (exact) mass is 367 g/mol. The van der Waals surface area contributed by atoms with Crippen molar-refractivity contribution in [2.45, 2.75) is 24.9 Å². The molecule has 0 aliphatic carbocycles. The van der Waals surface area contributed by atoms with Gasteiger partial charge in [0.1, 0.15) is 12.1 Å². The van der Waals surface area contributed by atoms with E-state index in [4.69, 9.17) is 4.98 Å². The zero-order chi connectivity index (χ0) is 18.5. The minimum Gasteiger partial charge on any atom is -0.353 e. The zero-order valence-corrected chi connectivity index (χ0v) is 15.5. The molecular formula is C23H21N5. The van der Waals surface area contributed by atoms with Gasteiger partial charge in [0.15, 0.2) is 0 Å². The Balaban J connectivity index is 1.46. The molecule has 2 aromatic carbocycles. The van der Waals surface area contributed by atoms with E-state index in [9.17, 15) is 0 Å². The maximum Gasteiger partial charge on any atom is 0.141 e. The summed E-state index contributed by atoms with van der Waals surface area (Å²) in [5.74, 6) is 1.01. The highest BCUT2D eigenvalue weighted by atomic mass is 15.3. The van der Waals surface area contributed by atoms with Gasteiger partial charge in [0.25, 0.3) is 0 Å². The molecule has 0 radical (unpaired) electrons. The average molecular weight is 367 g/mol. The summed E-state index contributed by atoms with van der Waals surface area (Å²) in [5.41, 5.74) is 3.04. The Morgan fingerprint density at radius 2 is 1.68 bits per heavy atom.